The van der Waals surface area contributed by atoms with Crippen LogP contribution in [0.15, 0.2) is 18.2 Å². The minimum absolute atomic E-state index is 0.0400. The molecule has 0 radical (unpaired) electrons. The van der Waals surface area contributed by atoms with Crippen molar-refractivity contribution in [3.63, 3.8) is 0 Å². The molecular weight excluding hydrogens is 272 g/mol. The highest BCUT2D eigenvalue weighted by Crippen LogP contribution is 2.29. The number of nitrogens with zero attached hydrogens (tertiary/aromatic N) is 3. The van der Waals surface area contributed by atoms with E-state index in [0.29, 0.717) is 18.8 Å². The number of benzene rings is 1. The first-order valence-corrected chi connectivity index (χ1v) is 6.74. The van der Waals surface area contributed by atoms with Crippen molar-refractivity contribution in [2.75, 3.05) is 25.0 Å². The van der Waals surface area contributed by atoms with Crippen LogP contribution in [0.1, 0.15) is 30.6 Å². The summed E-state index contributed by atoms with van der Waals surface area (Å²) in [7, 11) is 0. The van der Waals surface area contributed by atoms with Gasteiger partial charge in [-0.05, 0) is 26.0 Å². The highest BCUT2D eigenvalue weighted by molar-refractivity contribution is 6.00. The van der Waals surface area contributed by atoms with Gasteiger partial charge in [-0.15, -0.1) is 0 Å². The van der Waals surface area contributed by atoms with Crippen molar-refractivity contribution in [2.24, 2.45) is 0 Å². The van der Waals surface area contributed by atoms with E-state index in [2.05, 4.69) is 5.32 Å². The van der Waals surface area contributed by atoms with Gasteiger partial charge in [0.2, 0.25) is 0 Å². The average molecular weight is 290 g/mol. The summed E-state index contributed by atoms with van der Waals surface area (Å²) >= 11 is 0. The van der Waals surface area contributed by atoms with Gasteiger partial charge in [-0.25, -0.2) is 0 Å². The molecule has 7 heteroatoms. The molecule has 0 spiro atoms. The summed E-state index contributed by atoms with van der Waals surface area (Å²) in [6.45, 7) is 4.76. The SMILES string of the molecule is CCNc1cccc(C(=O)N(CC)CCC#N)c1[N+](=O)[O-]. The van der Waals surface area contributed by atoms with Crippen molar-refractivity contribution in [3.8, 4) is 6.07 Å². The predicted octanol–water partition coefficient (Wildman–Crippen LogP) is 2.40. The molecule has 0 fully saturated rings. The molecule has 0 saturated heterocycles. The number of nitrogens with one attached hydrogen (secondary N) is 1. The predicted molar refractivity (Wildman–Crippen MR) is 79.1 cm³/mol. The van der Waals surface area contributed by atoms with E-state index in [0.717, 1.165) is 0 Å². The lowest BCUT2D eigenvalue weighted by molar-refractivity contribution is -0.384. The van der Waals surface area contributed by atoms with Gasteiger partial charge in [0.05, 0.1) is 17.4 Å². The molecule has 1 aromatic carbocycles. The van der Waals surface area contributed by atoms with Gasteiger partial charge >= 0.3 is 5.69 Å². The maximum atomic E-state index is 12.4. The summed E-state index contributed by atoms with van der Waals surface area (Å²) in [5.74, 6) is -0.431. The van der Waals surface area contributed by atoms with Crippen molar-refractivity contribution in [2.45, 2.75) is 20.3 Å². The fourth-order valence-corrected chi connectivity index (χ4v) is 2.00. The fraction of sp³-hybridized carbons (Fsp3) is 0.429. The zero-order valence-corrected chi connectivity index (χ0v) is 12.1. The molecule has 0 aromatic heterocycles. The average Bonchev–Trinajstić information content (AvgIpc) is 2.47. The Hall–Kier alpha value is -2.62. The van der Waals surface area contributed by atoms with Crippen LogP contribution in [0, 0.1) is 21.4 Å². The van der Waals surface area contributed by atoms with E-state index < -0.39 is 10.8 Å². The lowest BCUT2D eigenvalue weighted by Crippen LogP contribution is -2.32. The lowest BCUT2D eigenvalue weighted by Gasteiger charge is -2.20. The maximum Gasteiger partial charge on any atom is 0.305 e. The van der Waals surface area contributed by atoms with Crippen LogP contribution < -0.4 is 5.32 Å². The van der Waals surface area contributed by atoms with Crippen LogP contribution in [-0.2, 0) is 0 Å². The van der Waals surface area contributed by atoms with E-state index in [1.54, 1.807) is 19.1 Å². The van der Waals surface area contributed by atoms with Gasteiger partial charge in [-0.1, -0.05) is 6.07 Å². The summed E-state index contributed by atoms with van der Waals surface area (Å²) in [5.41, 5.74) is 0.141. The van der Waals surface area contributed by atoms with Crippen molar-refractivity contribution in [3.05, 3.63) is 33.9 Å². The molecule has 1 aromatic rings. The molecule has 0 saturated carbocycles. The van der Waals surface area contributed by atoms with Crippen molar-refractivity contribution in [1.29, 1.82) is 5.26 Å². The Morgan fingerprint density at radius 2 is 2.19 bits per heavy atom. The molecule has 0 atom stereocenters. The molecule has 7 nitrogen and oxygen atoms in total. The number of nitriles is 1. The summed E-state index contributed by atoms with van der Waals surface area (Å²) in [4.78, 5) is 24.6. The van der Waals surface area contributed by atoms with Crippen LogP contribution in [0.25, 0.3) is 0 Å². The third kappa shape index (κ3) is 3.92. The quantitative estimate of drug-likeness (QED) is 0.614. The van der Waals surface area contributed by atoms with E-state index in [1.165, 1.54) is 11.0 Å². The monoisotopic (exact) mass is 290 g/mol. The maximum absolute atomic E-state index is 12.4. The third-order valence-electron chi connectivity index (χ3n) is 2.98. The van der Waals surface area contributed by atoms with Gasteiger partial charge in [0.15, 0.2) is 0 Å². The standard InChI is InChI=1S/C14H18N4O3/c1-3-16-12-8-5-7-11(13(12)18(20)21)14(19)17(4-2)10-6-9-15/h5,7-8,16H,3-4,6,10H2,1-2H3. The zero-order valence-electron chi connectivity index (χ0n) is 12.1. The van der Waals surface area contributed by atoms with E-state index in [9.17, 15) is 14.9 Å². The number of hydrogen-bond donors (Lipinski definition) is 1. The van der Waals surface area contributed by atoms with Crippen molar-refractivity contribution >= 4 is 17.3 Å². The molecule has 0 aliphatic heterocycles. The first kappa shape index (κ1) is 16.4. The number of rotatable bonds is 7. The summed E-state index contributed by atoms with van der Waals surface area (Å²) in [6, 6.07) is 6.59. The second-order valence-corrected chi connectivity index (χ2v) is 4.28. The molecule has 0 unspecified atom stereocenters. The van der Waals surface area contributed by atoms with Crippen LogP contribution in [0.3, 0.4) is 0 Å². The number of anilines is 1. The van der Waals surface area contributed by atoms with Crippen LogP contribution in [0.5, 0.6) is 0 Å². The smallest absolute Gasteiger partial charge is 0.305 e. The van der Waals surface area contributed by atoms with Gasteiger partial charge < -0.3 is 10.2 Å². The molecule has 1 N–H and O–H groups in total. The number of carbonyl (C=O) groups is 1. The molecule has 1 amide bonds. The Kier molecular flexibility index (Phi) is 6.14. The topological polar surface area (TPSA) is 99.3 Å². The molecular formula is C14H18N4O3. The number of nitro benzene ring substituents is 1. The normalized spacial score (nSPS) is 9.76. The van der Waals surface area contributed by atoms with Gasteiger partial charge in [0, 0.05) is 19.6 Å². The van der Waals surface area contributed by atoms with Crippen LogP contribution in [0.4, 0.5) is 11.4 Å². The minimum Gasteiger partial charge on any atom is -0.380 e. The lowest BCUT2D eigenvalue weighted by atomic mass is 10.1. The Morgan fingerprint density at radius 3 is 2.71 bits per heavy atom. The largest absolute Gasteiger partial charge is 0.380 e. The van der Waals surface area contributed by atoms with E-state index in [-0.39, 0.29) is 24.2 Å². The zero-order chi connectivity index (χ0) is 15.8. The first-order chi connectivity index (χ1) is 10.1. The Balaban J connectivity index is 3.22. The molecule has 0 aliphatic carbocycles. The number of para-hydroxylation sites is 1. The van der Waals surface area contributed by atoms with Gasteiger partial charge in [-0.3, -0.25) is 14.9 Å². The van der Waals surface area contributed by atoms with Gasteiger partial charge in [0.1, 0.15) is 11.3 Å². The second-order valence-electron chi connectivity index (χ2n) is 4.28. The van der Waals surface area contributed by atoms with E-state index in [4.69, 9.17) is 5.26 Å². The second kappa shape index (κ2) is 7.85. The highest BCUT2D eigenvalue weighted by Gasteiger charge is 2.26. The number of carbonyl (C=O) groups excluding carboxylic acids is 1. The molecule has 1 rings (SSSR count). The van der Waals surface area contributed by atoms with Crippen LogP contribution in [0.2, 0.25) is 0 Å². The molecule has 21 heavy (non-hydrogen) atoms. The molecule has 0 bridgehead atoms. The molecule has 112 valence electrons. The molecule has 0 heterocycles. The summed E-state index contributed by atoms with van der Waals surface area (Å²) in [6.07, 6.45) is 0.195. The van der Waals surface area contributed by atoms with Crippen LogP contribution >= 0.6 is 0 Å². The number of nitro groups is 1. The first-order valence-electron chi connectivity index (χ1n) is 6.74. The van der Waals surface area contributed by atoms with E-state index >= 15 is 0 Å². The van der Waals surface area contributed by atoms with Crippen molar-refractivity contribution in [1.82, 2.24) is 4.90 Å². The number of hydrogen-bond acceptors (Lipinski definition) is 5. The van der Waals surface area contributed by atoms with Crippen molar-refractivity contribution < 1.29 is 9.72 Å². The van der Waals surface area contributed by atoms with E-state index in [1.807, 2.05) is 13.0 Å². The Bertz CT molecular complexity index is 566. The number of amides is 1. The third-order valence-corrected chi connectivity index (χ3v) is 2.98. The molecule has 0 aliphatic rings. The summed E-state index contributed by atoms with van der Waals surface area (Å²) in [5, 5.41) is 22.8. The van der Waals surface area contributed by atoms with Gasteiger partial charge in [0.25, 0.3) is 5.91 Å². The van der Waals surface area contributed by atoms with Gasteiger partial charge in [-0.2, -0.15) is 5.26 Å². The Labute approximate surface area is 123 Å². The van der Waals surface area contributed by atoms with Crippen LogP contribution in [-0.4, -0.2) is 35.4 Å². The fourth-order valence-electron chi connectivity index (χ4n) is 2.00. The highest BCUT2D eigenvalue weighted by atomic mass is 16.6. The minimum atomic E-state index is -0.552. The summed E-state index contributed by atoms with van der Waals surface area (Å²) < 4.78 is 0. The Morgan fingerprint density at radius 1 is 1.48 bits per heavy atom.